The van der Waals surface area contributed by atoms with Crippen molar-refractivity contribution < 1.29 is 0 Å². The first-order valence-corrected chi connectivity index (χ1v) is 5.59. The first kappa shape index (κ1) is 11.9. The number of anilines is 2. The Balaban J connectivity index is 2.87. The Kier molecular flexibility index (Phi) is 4.01. The van der Waals surface area contributed by atoms with E-state index < -0.39 is 0 Å². The molecule has 84 valence electrons. The van der Waals surface area contributed by atoms with Gasteiger partial charge in [0.2, 0.25) is 0 Å². The molecule has 1 rings (SSSR count). The van der Waals surface area contributed by atoms with Crippen LogP contribution in [0.4, 0.5) is 11.4 Å². The number of nitrogens with zero attached hydrogens (tertiary/aromatic N) is 1. The van der Waals surface area contributed by atoms with E-state index in [1.807, 2.05) is 0 Å². The van der Waals surface area contributed by atoms with Crippen molar-refractivity contribution in [2.75, 3.05) is 24.3 Å². The maximum Gasteiger partial charge on any atom is 0.0411 e. The van der Waals surface area contributed by atoms with Crippen molar-refractivity contribution in [2.24, 2.45) is 0 Å². The topological polar surface area (TPSA) is 15.3 Å². The van der Waals surface area contributed by atoms with E-state index in [0.29, 0.717) is 6.04 Å². The van der Waals surface area contributed by atoms with Gasteiger partial charge in [-0.25, -0.2) is 0 Å². The first-order valence-electron chi connectivity index (χ1n) is 5.59. The predicted molar refractivity (Wildman–Crippen MR) is 68.9 cm³/mol. The summed E-state index contributed by atoms with van der Waals surface area (Å²) in [5, 5.41) is 3.49. The fourth-order valence-corrected chi connectivity index (χ4v) is 1.57. The van der Waals surface area contributed by atoms with E-state index in [1.165, 1.54) is 16.9 Å². The second kappa shape index (κ2) is 5.06. The van der Waals surface area contributed by atoms with E-state index >= 15 is 0 Å². The molecular weight excluding hydrogens is 184 g/mol. The van der Waals surface area contributed by atoms with Crippen LogP contribution in [0.15, 0.2) is 18.2 Å². The van der Waals surface area contributed by atoms with Gasteiger partial charge in [0.25, 0.3) is 0 Å². The van der Waals surface area contributed by atoms with E-state index in [-0.39, 0.29) is 0 Å². The third-order valence-corrected chi connectivity index (χ3v) is 2.72. The number of rotatable bonds is 4. The highest BCUT2D eigenvalue weighted by Crippen LogP contribution is 2.23. The summed E-state index contributed by atoms with van der Waals surface area (Å²) >= 11 is 0. The minimum atomic E-state index is 0.530. The lowest BCUT2D eigenvalue weighted by Gasteiger charge is -2.19. The highest BCUT2D eigenvalue weighted by Gasteiger charge is 2.03. The fraction of sp³-hybridized carbons (Fsp3) is 0.538. The minimum absolute atomic E-state index is 0.530. The third-order valence-electron chi connectivity index (χ3n) is 2.72. The van der Waals surface area contributed by atoms with E-state index in [4.69, 9.17) is 0 Å². The van der Waals surface area contributed by atoms with Crippen LogP contribution in [0.1, 0.15) is 25.8 Å². The van der Waals surface area contributed by atoms with Crippen molar-refractivity contribution >= 4 is 11.4 Å². The highest BCUT2D eigenvalue weighted by molar-refractivity contribution is 5.62. The van der Waals surface area contributed by atoms with Crippen molar-refractivity contribution in [3.8, 4) is 0 Å². The molecule has 0 aliphatic carbocycles. The molecule has 15 heavy (non-hydrogen) atoms. The van der Waals surface area contributed by atoms with Crippen LogP contribution in [0, 0.1) is 6.92 Å². The summed E-state index contributed by atoms with van der Waals surface area (Å²) in [6.07, 6.45) is 1.14. The van der Waals surface area contributed by atoms with Gasteiger partial charge in [-0.3, -0.25) is 0 Å². The van der Waals surface area contributed by atoms with E-state index in [0.717, 1.165) is 6.42 Å². The van der Waals surface area contributed by atoms with Gasteiger partial charge in [0, 0.05) is 31.5 Å². The van der Waals surface area contributed by atoms with E-state index in [2.05, 4.69) is 63.3 Å². The Labute approximate surface area is 93.3 Å². The van der Waals surface area contributed by atoms with Crippen molar-refractivity contribution in [1.82, 2.24) is 0 Å². The Morgan fingerprint density at radius 3 is 2.53 bits per heavy atom. The predicted octanol–water partition coefficient (Wildman–Crippen LogP) is 3.27. The van der Waals surface area contributed by atoms with Crippen molar-refractivity contribution in [2.45, 2.75) is 33.2 Å². The molecule has 1 aromatic rings. The van der Waals surface area contributed by atoms with Gasteiger partial charge in [0.05, 0.1) is 0 Å². The summed E-state index contributed by atoms with van der Waals surface area (Å²) in [5.41, 5.74) is 3.80. The monoisotopic (exact) mass is 206 g/mol. The molecule has 0 radical (unpaired) electrons. The Hall–Kier alpha value is -1.18. The van der Waals surface area contributed by atoms with Gasteiger partial charge in [0.15, 0.2) is 0 Å². The van der Waals surface area contributed by atoms with Crippen LogP contribution in [-0.4, -0.2) is 20.1 Å². The van der Waals surface area contributed by atoms with Crippen molar-refractivity contribution in [1.29, 1.82) is 0 Å². The third kappa shape index (κ3) is 3.15. The molecule has 0 saturated carbocycles. The van der Waals surface area contributed by atoms with Gasteiger partial charge < -0.3 is 10.2 Å². The van der Waals surface area contributed by atoms with Crippen LogP contribution in [0.3, 0.4) is 0 Å². The highest BCUT2D eigenvalue weighted by atomic mass is 15.1. The molecule has 0 fully saturated rings. The Morgan fingerprint density at radius 1 is 1.33 bits per heavy atom. The molecule has 0 aliphatic rings. The van der Waals surface area contributed by atoms with E-state index in [1.54, 1.807) is 0 Å². The molecule has 2 nitrogen and oxygen atoms in total. The van der Waals surface area contributed by atoms with Gasteiger partial charge in [-0.2, -0.15) is 0 Å². The molecule has 0 heterocycles. The lowest BCUT2D eigenvalue weighted by Crippen LogP contribution is -2.15. The maximum atomic E-state index is 3.49. The molecule has 0 bridgehead atoms. The van der Waals surface area contributed by atoms with Crippen LogP contribution < -0.4 is 10.2 Å². The SMILES string of the molecule is CCC(C)Nc1ccc(C)c(N(C)C)c1. The van der Waals surface area contributed by atoms with Gasteiger partial charge in [-0.15, -0.1) is 0 Å². The van der Waals surface area contributed by atoms with E-state index in [9.17, 15) is 0 Å². The molecule has 0 spiro atoms. The summed E-state index contributed by atoms with van der Waals surface area (Å²) in [4.78, 5) is 2.15. The van der Waals surface area contributed by atoms with Gasteiger partial charge >= 0.3 is 0 Å². The number of hydrogen-bond acceptors (Lipinski definition) is 2. The summed E-state index contributed by atoms with van der Waals surface area (Å²) < 4.78 is 0. The second-order valence-corrected chi connectivity index (χ2v) is 4.35. The minimum Gasteiger partial charge on any atom is -0.383 e. The number of hydrogen-bond donors (Lipinski definition) is 1. The molecule has 0 aromatic heterocycles. The van der Waals surface area contributed by atoms with Crippen LogP contribution >= 0.6 is 0 Å². The number of aryl methyl sites for hydroxylation is 1. The largest absolute Gasteiger partial charge is 0.383 e. The smallest absolute Gasteiger partial charge is 0.0411 e. The van der Waals surface area contributed by atoms with Crippen LogP contribution in [-0.2, 0) is 0 Å². The zero-order chi connectivity index (χ0) is 11.4. The molecule has 1 aromatic carbocycles. The first-order chi connectivity index (χ1) is 7.04. The zero-order valence-electron chi connectivity index (χ0n) is 10.5. The normalized spacial score (nSPS) is 12.3. The quantitative estimate of drug-likeness (QED) is 0.813. The van der Waals surface area contributed by atoms with Crippen LogP contribution in [0.2, 0.25) is 0 Å². The molecule has 0 amide bonds. The molecule has 2 heteroatoms. The number of benzene rings is 1. The van der Waals surface area contributed by atoms with Gasteiger partial charge in [-0.1, -0.05) is 13.0 Å². The second-order valence-electron chi connectivity index (χ2n) is 4.35. The molecular formula is C13H22N2. The zero-order valence-corrected chi connectivity index (χ0v) is 10.5. The van der Waals surface area contributed by atoms with Gasteiger partial charge in [-0.05, 0) is 38.0 Å². The number of nitrogens with one attached hydrogen (secondary N) is 1. The van der Waals surface area contributed by atoms with Crippen LogP contribution in [0.5, 0.6) is 0 Å². The lowest BCUT2D eigenvalue weighted by molar-refractivity contribution is 0.764. The fourth-order valence-electron chi connectivity index (χ4n) is 1.57. The molecule has 0 saturated heterocycles. The molecule has 1 unspecified atom stereocenters. The standard InChI is InChI=1S/C13H22N2/c1-6-11(3)14-12-8-7-10(2)13(9-12)15(4)5/h7-9,11,14H,6H2,1-5H3. The van der Waals surface area contributed by atoms with Gasteiger partial charge in [0.1, 0.15) is 0 Å². The average molecular weight is 206 g/mol. The summed E-state index contributed by atoms with van der Waals surface area (Å²) in [6, 6.07) is 7.05. The molecule has 1 atom stereocenters. The summed E-state index contributed by atoms with van der Waals surface area (Å²) in [5.74, 6) is 0. The van der Waals surface area contributed by atoms with Crippen LogP contribution in [0.25, 0.3) is 0 Å². The summed E-state index contributed by atoms with van der Waals surface area (Å²) in [6.45, 7) is 6.54. The Bertz CT molecular complexity index is 318. The summed E-state index contributed by atoms with van der Waals surface area (Å²) in [7, 11) is 4.16. The maximum absolute atomic E-state index is 3.49. The average Bonchev–Trinajstić information content (AvgIpc) is 2.20. The molecule has 1 N–H and O–H groups in total. The molecule has 0 aliphatic heterocycles. The lowest BCUT2D eigenvalue weighted by atomic mass is 10.1. The van der Waals surface area contributed by atoms with Crippen molar-refractivity contribution in [3.05, 3.63) is 23.8 Å². The van der Waals surface area contributed by atoms with Crippen molar-refractivity contribution in [3.63, 3.8) is 0 Å². The Morgan fingerprint density at radius 2 is 2.00 bits per heavy atom.